The van der Waals surface area contributed by atoms with Crippen molar-refractivity contribution in [2.24, 2.45) is 16.5 Å². The molecule has 1 aliphatic rings. The Bertz CT molecular complexity index is 1100. The summed E-state index contributed by atoms with van der Waals surface area (Å²) >= 11 is 12.3. The maximum Gasteiger partial charge on any atom is 0.254 e. The number of carbonyl (C=O) groups excluding carboxylic acids is 1. The highest BCUT2D eigenvalue weighted by atomic mass is 35.5. The smallest absolute Gasteiger partial charge is 0.254 e. The standard InChI is InChI=1S/C21H21Cl2N5O/c22-13-3-1-2-12(10-13)20(29)28-9-7-15-16-11-14(23)4-5-17(16)27-19(15)18(28)6-8-26-21(24)25/h1-5,10-11,18,27H,6-9H2,(H4,24,25,26). The zero-order valence-corrected chi connectivity index (χ0v) is 17.2. The lowest BCUT2D eigenvalue weighted by molar-refractivity contribution is 0.0649. The van der Waals surface area contributed by atoms with Crippen LogP contribution in [0.2, 0.25) is 10.0 Å². The molecule has 0 radical (unpaired) electrons. The van der Waals surface area contributed by atoms with E-state index < -0.39 is 0 Å². The number of nitrogens with one attached hydrogen (secondary N) is 1. The van der Waals surface area contributed by atoms with Crippen molar-refractivity contribution >= 4 is 46.0 Å². The fourth-order valence-corrected chi connectivity index (χ4v) is 4.35. The number of aromatic nitrogens is 1. The average molecular weight is 430 g/mol. The first-order valence-electron chi connectivity index (χ1n) is 9.36. The Balaban J connectivity index is 1.74. The number of aliphatic imine (C=N–C) groups is 1. The minimum atomic E-state index is -0.181. The van der Waals surface area contributed by atoms with Gasteiger partial charge in [0.2, 0.25) is 0 Å². The first-order valence-corrected chi connectivity index (χ1v) is 10.1. The number of carbonyl (C=O) groups is 1. The van der Waals surface area contributed by atoms with Crippen molar-refractivity contribution in [1.29, 1.82) is 0 Å². The van der Waals surface area contributed by atoms with Gasteiger partial charge in [-0.05, 0) is 54.8 Å². The minimum Gasteiger partial charge on any atom is -0.370 e. The lowest BCUT2D eigenvalue weighted by atomic mass is 9.94. The number of nitrogens with two attached hydrogens (primary N) is 2. The topological polar surface area (TPSA) is 100 Å². The zero-order valence-electron chi connectivity index (χ0n) is 15.7. The van der Waals surface area contributed by atoms with Gasteiger partial charge in [0.25, 0.3) is 5.91 Å². The fourth-order valence-electron chi connectivity index (χ4n) is 3.98. The maximum absolute atomic E-state index is 13.3. The van der Waals surface area contributed by atoms with E-state index in [-0.39, 0.29) is 17.9 Å². The summed E-state index contributed by atoms with van der Waals surface area (Å²) in [6.07, 6.45) is 1.33. The molecule has 0 spiro atoms. The Labute approximate surface area is 178 Å². The van der Waals surface area contributed by atoms with Crippen LogP contribution in [0.1, 0.15) is 34.1 Å². The summed E-state index contributed by atoms with van der Waals surface area (Å²) in [4.78, 5) is 22.8. The number of H-pyrrole nitrogens is 1. The van der Waals surface area contributed by atoms with E-state index in [1.807, 2.05) is 23.1 Å². The third-order valence-corrected chi connectivity index (χ3v) is 5.71. The average Bonchev–Trinajstić information content (AvgIpc) is 3.05. The van der Waals surface area contributed by atoms with Gasteiger partial charge in [-0.3, -0.25) is 9.79 Å². The molecule has 3 aromatic rings. The largest absolute Gasteiger partial charge is 0.370 e. The number of fused-ring (bicyclic) bond motifs is 3. The summed E-state index contributed by atoms with van der Waals surface area (Å²) in [7, 11) is 0. The fraction of sp³-hybridized carbons (Fsp3) is 0.238. The molecular weight excluding hydrogens is 409 g/mol. The molecule has 5 N–H and O–H groups in total. The van der Waals surface area contributed by atoms with Gasteiger partial charge < -0.3 is 21.4 Å². The summed E-state index contributed by atoms with van der Waals surface area (Å²) in [5, 5.41) is 2.31. The van der Waals surface area contributed by atoms with Gasteiger partial charge in [-0.1, -0.05) is 29.3 Å². The summed E-state index contributed by atoms with van der Waals surface area (Å²) in [5.74, 6) is -0.0262. The zero-order chi connectivity index (χ0) is 20.5. The number of hydrogen-bond donors (Lipinski definition) is 3. The van der Waals surface area contributed by atoms with E-state index >= 15 is 0 Å². The molecule has 1 aliphatic heterocycles. The highest BCUT2D eigenvalue weighted by Crippen LogP contribution is 2.38. The molecule has 0 saturated carbocycles. The van der Waals surface area contributed by atoms with Crippen molar-refractivity contribution in [3.63, 3.8) is 0 Å². The number of hydrogen-bond acceptors (Lipinski definition) is 2. The number of rotatable bonds is 4. The Kier molecular flexibility index (Phi) is 5.39. The van der Waals surface area contributed by atoms with E-state index in [1.54, 1.807) is 24.3 Å². The van der Waals surface area contributed by atoms with Crippen molar-refractivity contribution in [2.45, 2.75) is 18.9 Å². The molecule has 0 bridgehead atoms. The second-order valence-corrected chi connectivity index (χ2v) is 7.95. The number of nitrogens with zero attached hydrogens (tertiary/aromatic N) is 2. The van der Waals surface area contributed by atoms with E-state index in [1.165, 1.54) is 5.56 Å². The van der Waals surface area contributed by atoms with Crippen LogP contribution in [-0.2, 0) is 6.42 Å². The second kappa shape index (κ2) is 7.97. The van der Waals surface area contributed by atoms with E-state index in [2.05, 4.69) is 9.98 Å². The predicted octanol–water partition coefficient (Wildman–Crippen LogP) is 3.88. The molecule has 29 heavy (non-hydrogen) atoms. The Morgan fingerprint density at radius 2 is 1.97 bits per heavy atom. The summed E-state index contributed by atoms with van der Waals surface area (Å²) in [6, 6.07) is 12.6. The van der Waals surface area contributed by atoms with Crippen LogP contribution in [0, 0.1) is 0 Å². The molecule has 0 fully saturated rings. The number of amides is 1. The number of halogens is 2. The molecular formula is C21H21Cl2N5O. The van der Waals surface area contributed by atoms with Gasteiger partial charge in [-0.25, -0.2) is 0 Å². The molecule has 0 aliphatic carbocycles. The SMILES string of the molecule is NC(N)=NCCC1c2[nH]c3ccc(Cl)cc3c2CCN1C(=O)c1cccc(Cl)c1. The maximum atomic E-state index is 13.3. The third-order valence-electron chi connectivity index (χ3n) is 5.24. The molecule has 2 heterocycles. The lowest BCUT2D eigenvalue weighted by Gasteiger charge is -2.36. The van der Waals surface area contributed by atoms with Gasteiger partial charge in [0.15, 0.2) is 5.96 Å². The van der Waals surface area contributed by atoms with Crippen LogP contribution >= 0.6 is 23.2 Å². The van der Waals surface area contributed by atoms with Crippen molar-refractivity contribution in [1.82, 2.24) is 9.88 Å². The quantitative estimate of drug-likeness (QED) is 0.433. The van der Waals surface area contributed by atoms with Crippen molar-refractivity contribution < 1.29 is 4.79 Å². The predicted molar refractivity (Wildman–Crippen MR) is 118 cm³/mol. The van der Waals surface area contributed by atoms with E-state index in [9.17, 15) is 4.79 Å². The molecule has 150 valence electrons. The van der Waals surface area contributed by atoms with Crippen LogP contribution in [0.5, 0.6) is 0 Å². The number of benzene rings is 2. The highest BCUT2D eigenvalue weighted by Gasteiger charge is 2.33. The molecule has 4 rings (SSSR count). The van der Waals surface area contributed by atoms with Crippen LogP contribution < -0.4 is 11.5 Å². The van der Waals surface area contributed by atoms with Crippen molar-refractivity contribution in [2.75, 3.05) is 13.1 Å². The number of aromatic amines is 1. The van der Waals surface area contributed by atoms with Gasteiger partial charge >= 0.3 is 0 Å². The van der Waals surface area contributed by atoms with E-state index in [4.69, 9.17) is 34.7 Å². The molecule has 0 saturated heterocycles. The highest BCUT2D eigenvalue weighted by molar-refractivity contribution is 6.31. The van der Waals surface area contributed by atoms with E-state index in [0.717, 1.165) is 23.0 Å². The van der Waals surface area contributed by atoms with E-state index in [0.29, 0.717) is 35.1 Å². The van der Waals surface area contributed by atoms with Crippen molar-refractivity contribution in [3.8, 4) is 0 Å². The third kappa shape index (κ3) is 3.91. The molecule has 2 aromatic carbocycles. The normalized spacial score (nSPS) is 15.9. The summed E-state index contributed by atoms with van der Waals surface area (Å²) in [5.41, 5.74) is 14.7. The molecule has 1 amide bonds. The summed E-state index contributed by atoms with van der Waals surface area (Å²) in [6.45, 7) is 1.01. The molecule has 8 heteroatoms. The Morgan fingerprint density at radius 3 is 2.72 bits per heavy atom. The van der Waals surface area contributed by atoms with Gasteiger partial charge in [0.1, 0.15) is 0 Å². The van der Waals surface area contributed by atoms with Gasteiger partial charge in [0.05, 0.1) is 6.04 Å². The first-order chi connectivity index (χ1) is 13.9. The van der Waals surface area contributed by atoms with Gasteiger partial charge in [-0.15, -0.1) is 0 Å². The van der Waals surface area contributed by atoms with Crippen LogP contribution in [0.3, 0.4) is 0 Å². The number of guanidine groups is 1. The first kappa shape index (κ1) is 19.6. The molecule has 1 aromatic heterocycles. The molecule has 1 atom stereocenters. The molecule has 1 unspecified atom stereocenters. The summed E-state index contributed by atoms with van der Waals surface area (Å²) < 4.78 is 0. The lowest BCUT2D eigenvalue weighted by Crippen LogP contribution is -2.40. The van der Waals surface area contributed by atoms with Crippen LogP contribution in [0.25, 0.3) is 10.9 Å². The second-order valence-electron chi connectivity index (χ2n) is 7.08. The van der Waals surface area contributed by atoms with Crippen LogP contribution in [0.4, 0.5) is 0 Å². The monoisotopic (exact) mass is 429 g/mol. The van der Waals surface area contributed by atoms with Crippen molar-refractivity contribution in [3.05, 3.63) is 69.3 Å². The van der Waals surface area contributed by atoms with Gasteiger partial charge in [-0.2, -0.15) is 0 Å². The molecule has 6 nitrogen and oxygen atoms in total. The van der Waals surface area contributed by atoms with Crippen LogP contribution in [-0.4, -0.2) is 34.8 Å². The Hall–Kier alpha value is -2.70. The minimum absolute atomic E-state index is 0.0391. The Morgan fingerprint density at radius 1 is 1.17 bits per heavy atom. The van der Waals surface area contributed by atoms with Crippen LogP contribution in [0.15, 0.2) is 47.5 Å². The van der Waals surface area contributed by atoms with Gasteiger partial charge in [0, 0.05) is 45.3 Å².